The van der Waals surface area contributed by atoms with E-state index in [0.717, 1.165) is 54.9 Å². The minimum atomic E-state index is -3.15. The van der Waals surface area contributed by atoms with Gasteiger partial charge >= 0.3 is 6.09 Å². The average Bonchev–Trinajstić information content (AvgIpc) is 3.92. The second kappa shape index (κ2) is 22.7. The summed E-state index contributed by atoms with van der Waals surface area (Å²) in [5, 5.41) is 20.6. The van der Waals surface area contributed by atoms with E-state index >= 15 is 4.79 Å². The highest BCUT2D eigenvalue weighted by Gasteiger charge is 2.51. The third kappa shape index (κ3) is 10.9. The maximum atomic E-state index is 15.4. The zero-order valence-corrected chi connectivity index (χ0v) is 48.0. The van der Waals surface area contributed by atoms with Crippen molar-refractivity contribution in [2.45, 2.75) is 76.7 Å². The third-order valence-corrected chi connectivity index (χ3v) is 20.1. The van der Waals surface area contributed by atoms with Crippen LogP contribution in [0.4, 0.5) is 10.6 Å². The van der Waals surface area contributed by atoms with Crippen LogP contribution in [0.1, 0.15) is 80.5 Å². The number of nitrogens with one attached hydrogen (secondary N) is 1. The van der Waals surface area contributed by atoms with Crippen LogP contribution in [0.3, 0.4) is 0 Å². The molecule has 408 valence electrons. The molecule has 0 spiro atoms. The highest BCUT2D eigenvalue weighted by Crippen LogP contribution is 2.43. The van der Waals surface area contributed by atoms with Crippen molar-refractivity contribution in [3.05, 3.63) is 264 Å². The van der Waals surface area contributed by atoms with E-state index in [4.69, 9.17) is 34.3 Å². The molecule has 1 amide bonds. The summed E-state index contributed by atoms with van der Waals surface area (Å²) in [4.78, 5) is 22.6. The fraction of sp³-hybridized carbons (Fsp3) is 0.221. The van der Waals surface area contributed by atoms with Gasteiger partial charge in [-0.3, -0.25) is 9.58 Å². The van der Waals surface area contributed by atoms with E-state index in [1.54, 1.807) is 0 Å². The molecule has 1 aliphatic heterocycles. The van der Waals surface area contributed by atoms with Gasteiger partial charge in [-0.05, 0) is 106 Å². The molecule has 1 N–H and O–H groups in total. The van der Waals surface area contributed by atoms with E-state index in [2.05, 4.69) is 178 Å². The van der Waals surface area contributed by atoms with E-state index in [9.17, 15) is 0 Å². The summed E-state index contributed by atoms with van der Waals surface area (Å²) in [7, 11) is -1.28. The maximum absolute atomic E-state index is 15.4. The third-order valence-electron chi connectivity index (χ3n) is 15.1. The van der Waals surface area contributed by atoms with Crippen molar-refractivity contribution in [1.82, 2.24) is 34.7 Å². The number of rotatable bonds is 11. The molecule has 0 saturated heterocycles. The van der Waals surface area contributed by atoms with Crippen molar-refractivity contribution in [1.29, 1.82) is 0 Å². The van der Waals surface area contributed by atoms with Crippen LogP contribution in [0.5, 0.6) is 11.5 Å². The molecule has 1 aliphatic rings. The molecule has 12 nitrogen and oxygen atoms in total. The monoisotopic (exact) mass is 1090 g/mol. The Labute approximate surface area is 475 Å². The van der Waals surface area contributed by atoms with Gasteiger partial charge in [-0.2, -0.15) is 5.10 Å². The van der Waals surface area contributed by atoms with E-state index in [-0.39, 0.29) is 18.2 Å². The number of hydrogen-bond donors (Lipinski definition) is 1. The lowest BCUT2D eigenvalue weighted by Gasteiger charge is -2.44. The van der Waals surface area contributed by atoms with E-state index in [1.165, 1.54) is 0 Å². The Bertz CT molecular complexity index is 3660. The molecule has 3 aromatic heterocycles. The maximum Gasteiger partial charge on any atom is 0.410 e. The molecule has 0 aliphatic carbocycles. The number of pyridine rings is 1. The van der Waals surface area contributed by atoms with Crippen LogP contribution in [-0.2, 0) is 27.7 Å². The number of anilines is 1. The minimum absolute atomic E-state index is 0.107. The molecule has 11 rings (SSSR count). The van der Waals surface area contributed by atoms with Gasteiger partial charge in [-0.25, -0.2) is 14.5 Å². The lowest BCUT2D eigenvalue weighted by atomic mass is 9.77. The zero-order valence-electron chi connectivity index (χ0n) is 47.0. The van der Waals surface area contributed by atoms with Gasteiger partial charge in [0.1, 0.15) is 34.0 Å². The van der Waals surface area contributed by atoms with Crippen LogP contribution in [0.25, 0.3) is 16.7 Å². The van der Waals surface area contributed by atoms with Crippen LogP contribution < -0.4 is 20.4 Å². The molecule has 4 heterocycles. The summed E-state index contributed by atoms with van der Waals surface area (Å²) in [6, 6.07) is 70.1. The van der Waals surface area contributed by atoms with Gasteiger partial charge in [0.25, 0.3) is 8.32 Å². The molecule has 0 fully saturated rings. The van der Waals surface area contributed by atoms with Crippen LogP contribution in [0.2, 0.25) is 5.04 Å². The zero-order chi connectivity index (χ0) is 56.2. The van der Waals surface area contributed by atoms with Gasteiger partial charge in [0.2, 0.25) is 0 Å². The Kier molecular flexibility index (Phi) is 15.1. The molecule has 1 atom stereocenters. The molecular formula is C68H68N8O4Si. The molecule has 13 heteroatoms. The molecule has 0 unspecified atom stereocenters. The first-order valence-electron chi connectivity index (χ1n) is 27.7. The van der Waals surface area contributed by atoms with Crippen molar-refractivity contribution in [3.63, 3.8) is 0 Å². The topological polar surface area (TPSA) is 121 Å². The van der Waals surface area contributed by atoms with Crippen LogP contribution in [-0.4, -0.2) is 80.9 Å². The summed E-state index contributed by atoms with van der Waals surface area (Å²) in [5.74, 6) is 1.97. The first-order valence-corrected chi connectivity index (χ1v) is 29.6. The number of nitrogens with zero attached hydrogens (tertiary/aromatic N) is 7. The molecule has 0 radical (unpaired) electrons. The summed E-state index contributed by atoms with van der Waals surface area (Å²) < 4.78 is 24.8. The van der Waals surface area contributed by atoms with Crippen molar-refractivity contribution >= 4 is 47.3 Å². The number of fused-ring (bicyclic) bond motifs is 7. The summed E-state index contributed by atoms with van der Waals surface area (Å²) in [5.41, 5.74) is 6.47. The molecule has 7 aromatic carbocycles. The van der Waals surface area contributed by atoms with Gasteiger partial charge in [0, 0.05) is 30.9 Å². The second-order valence-electron chi connectivity index (χ2n) is 22.7. The average molecular weight is 1090 g/mol. The summed E-state index contributed by atoms with van der Waals surface area (Å²) in [6.45, 7) is 13.3. The molecule has 6 bridgehead atoms. The number of amides is 1. The number of aromatic nitrogens is 6. The van der Waals surface area contributed by atoms with Crippen molar-refractivity contribution in [2.75, 3.05) is 25.5 Å². The number of ether oxygens (including phenoxy) is 2. The van der Waals surface area contributed by atoms with Gasteiger partial charge in [0.05, 0.1) is 25.4 Å². The van der Waals surface area contributed by atoms with Gasteiger partial charge in [-0.1, -0.05) is 208 Å². The number of hydrogen-bond acceptors (Lipinski definition) is 9. The smallest absolute Gasteiger partial charge is 0.410 e. The Morgan fingerprint density at radius 2 is 1.22 bits per heavy atom. The first-order chi connectivity index (χ1) is 39.2. The largest absolute Gasteiger partial charge is 0.457 e. The fourth-order valence-corrected chi connectivity index (χ4v) is 16.1. The highest BCUT2D eigenvalue weighted by molar-refractivity contribution is 6.99. The van der Waals surface area contributed by atoms with Gasteiger partial charge < -0.3 is 19.2 Å². The summed E-state index contributed by atoms with van der Waals surface area (Å²) in [6.07, 6.45) is 5.95. The van der Waals surface area contributed by atoms with Crippen molar-refractivity contribution in [2.24, 2.45) is 0 Å². The van der Waals surface area contributed by atoms with E-state index < -0.39 is 31.6 Å². The SMILES string of the molecule is CNc1cc(/C2=C/CN(C(=O)OC(C)(C)C)[C@H](CO[Si](c3ccccc3)(c3ccccc3)C(C)(C)C)Cc3cccc(c3)Oc3cccc(c3)Cn3cc2cn3)c2nnn(C(c3ccccc3)(c3ccccc3)c3ccccc3)c2n1. The van der Waals surface area contributed by atoms with Gasteiger partial charge in [-0.15, -0.1) is 5.10 Å². The Morgan fingerprint density at radius 3 is 1.77 bits per heavy atom. The second-order valence-corrected chi connectivity index (χ2v) is 27.0. The lowest BCUT2D eigenvalue weighted by molar-refractivity contribution is 0.0133. The highest BCUT2D eigenvalue weighted by atomic mass is 28.4. The van der Waals surface area contributed by atoms with Crippen molar-refractivity contribution in [3.8, 4) is 11.5 Å². The number of benzene rings is 7. The molecular weight excluding hydrogens is 1020 g/mol. The Hall–Kier alpha value is -8.91. The minimum Gasteiger partial charge on any atom is -0.457 e. The van der Waals surface area contributed by atoms with Gasteiger partial charge in [0.15, 0.2) is 5.65 Å². The number of carbonyl (C=O) groups is 1. The molecule has 81 heavy (non-hydrogen) atoms. The quantitative estimate of drug-likeness (QED) is 0.0997. The van der Waals surface area contributed by atoms with Crippen LogP contribution in [0, 0.1) is 0 Å². The normalized spacial score (nSPS) is 15.0. The lowest BCUT2D eigenvalue weighted by Crippen LogP contribution is -2.67. The predicted octanol–water partition coefficient (Wildman–Crippen LogP) is 12.9. The summed E-state index contributed by atoms with van der Waals surface area (Å²) >= 11 is 0. The number of carbonyl (C=O) groups excluding carboxylic acids is 1. The predicted molar refractivity (Wildman–Crippen MR) is 325 cm³/mol. The van der Waals surface area contributed by atoms with E-state index in [1.807, 2.05) is 115 Å². The first kappa shape index (κ1) is 54.1. The van der Waals surface area contributed by atoms with Crippen LogP contribution in [0.15, 0.2) is 225 Å². The van der Waals surface area contributed by atoms with Crippen LogP contribution >= 0.6 is 0 Å². The van der Waals surface area contributed by atoms with Crippen molar-refractivity contribution < 1.29 is 18.7 Å². The van der Waals surface area contributed by atoms with E-state index in [0.29, 0.717) is 41.4 Å². The standard InChI is InChI=1S/C68H68N8O4Si/c1-66(2,3)80-65(77)75-40-39-60(61-44-62(69-7)71-64-63(61)72-73-76(64)68(52-27-13-8-14-28-52,53-29-15-9-16-30-53)54-31-17-10-18-32-54)51-45-70-74(47-51)46-50-26-24-34-57(43-50)79-56-33-23-25-49(42-56)41-55(75)48-78-81(67(4,5)6,58-35-19-11-20-36-58)59-37-21-12-22-38-59/h8-39,42-45,47,55H,40-41,46,48H2,1-7H3,(H,69,71)/b60-39+/t55-/m0/s1. The molecule has 0 saturated carbocycles. The molecule has 10 aromatic rings. The Morgan fingerprint density at radius 1 is 0.679 bits per heavy atom. The fourth-order valence-electron chi connectivity index (χ4n) is 11.5. The Balaban J connectivity index is 1.14.